The molecule has 0 aliphatic rings. The van der Waals surface area contributed by atoms with Crippen molar-refractivity contribution < 1.29 is 19.3 Å². The van der Waals surface area contributed by atoms with Gasteiger partial charge in [0.2, 0.25) is 0 Å². The Labute approximate surface area is 185 Å². The van der Waals surface area contributed by atoms with E-state index in [4.69, 9.17) is 25.8 Å². The van der Waals surface area contributed by atoms with Crippen LogP contribution in [-0.4, -0.2) is 22.4 Å². The molecule has 0 aliphatic heterocycles. The fraction of sp³-hybridized carbons (Fsp3) is 0.125. The van der Waals surface area contributed by atoms with Crippen LogP contribution in [0.25, 0.3) is 11.3 Å². The Kier molecular flexibility index (Phi) is 6.00. The van der Waals surface area contributed by atoms with Crippen LogP contribution in [0.5, 0.6) is 28.7 Å². The predicted octanol–water partition coefficient (Wildman–Crippen LogP) is 6.12. The van der Waals surface area contributed by atoms with Crippen LogP contribution >= 0.6 is 11.6 Å². The van der Waals surface area contributed by atoms with Crippen LogP contribution in [0.1, 0.15) is 11.3 Å². The second-order valence-electron chi connectivity index (χ2n) is 6.90. The molecular weight excluding hydrogens is 416 g/mol. The van der Waals surface area contributed by atoms with Gasteiger partial charge in [-0.25, -0.2) is 0 Å². The third-order valence-electron chi connectivity index (χ3n) is 4.67. The Hall–Kier alpha value is -3.64. The Bertz CT molecular complexity index is 1210. The summed E-state index contributed by atoms with van der Waals surface area (Å²) in [6, 6.07) is 19.8. The Morgan fingerprint density at radius 2 is 1.77 bits per heavy atom. The summed E-state index contributed by atoms with van der Waals surface area (Å²) in [5, 5.41) is 18.5. The van der Waals surface area contributed by atoms with Gasteiger partial charge in [0.15, 0.2) is 5.75 Å². The zero-order chi connectivity index (χ0) is 21.8. The van der Waals surface area contributed by atoms with Gasteiger partial charge in [-0.1, -0.05) is 29.8 Å². The van der Waals surface area contributed by atoms with Crippen LogP contribution in [0.15, 0.2) is 66.7 Å². The standard InChI is InChI=1S/C24H21ClN2O4/c1-15-24(31-20-8-4-7-18(12-20)29-2)23(27-26-15)21-10-9-19(13-22(21)28)30-14-16-5-3-6-17(25)11-16/h3-13,28H,14H2,1-2H3,(H,26,27). The fourth-order valence-corrected chi connectivity index (χ4v) is 3.32. The first-order valence-electron chi connectivity index (χ1n) is 9.61. The molecule has 2 N–H and O–H groups in total. The molecular formula is C24H21ClN2O4. The summed E-state index contributed by atoms with van der Waals surface area (Å²) in [6.45, 7) is 2.19. The second-order valence-corrected chi connectivity index (χ2v) is 7.34. The molecule has 0 aliphatic carbocycles. The highest BCUT2D eigenvalue weighted by Gasteiger charge is 2.18. The van der Waals surface area contributed by atoms with Crippen LogP contribution in [-0.2, 0) is 6.61 Å². The summed E-state index contributed by atoms with van der Waals surface area (Å²) in [7, 11) is 1.60. The second kappa shape index (κ2) is 9.02. The minimum absolute atomic E-state index is 0.0330. The maximum absolute atomic E-state index is 10.6. The Morgan fingerprint density at radius 1 is 0.968 bits per heavy atom. The quantitative estimate of drug-likeness (QED) is 0.364. The lowest BCUT2D eigenvalue weighted by Crippen LogP contribution is -1.95. The molecule has 0 atom stereocenters. The number of aromatic amines is 1. The molecule has 3 aromatic carbocycles. The van der Waals surface area contributed by atoms with Crippen molar-refractivity contribution in [2.45, 2.75) is 13.5 Å². The first kappa shape index (κ1) is 20.6. The maximum Gasteiger partial charge on any atom is 0.176 e. The van der Waals surface area contributed by atoms with E-state index < -0.39 is 0 Å². The fourth-order valence-electron chi connectivity index (χ4n) is 3.10. The lowest BCUT2D eigenvalue weighted by atomic mass is 10.1. The average molecular weight is 437 g/mol. The summed E-state index contributed by atoms with van der Waals surface area (Å²) in [5.74, 6) is 2.38. The van der Waals surface area contributed by atoms with Gasteiger partial charge in [0, 0.05) is 22.7 Å². The lowest BCUT2D eigenvalue weighted by molar-refractivity contribution is 0.304. The zero-order valence-electron chi connectivity index (χ0n) is 17.1. The molecule has 0 unspecified atom stereocenters. The molecule has 158 valence electrons. The van der Waals surface area contributed by atoms with Gasteiger partial charge in [0.25, 0.3) is 0 Å². The summed E-state index contributed by atoms with van der Waals surface area (Å²) < 4.78 is 17.1. The van der Waals surface area contributed by atoms with Gasteiger partial charge in [-0.2, -0.15) is 5.10 Å². The Balaban J connectivity index is 1.56. The van der Waals surface area contributed by atoms with Crippen molar-refractivity contribution in [2.75, 3.05) is 7.11 Å². The van der Waals surface area contributed by atoms with Gasteiger partial charge in [-0.3, -0.25) is 5.10 Å². The van der Waals surface area contributed by atoms with Gasteiger partial charge in [0.05, 0.1) is 12.8 Å². The van der Waals surface area contributed by atoms with Crippen molar-refractivity contribution in [3.8, 4) is 40.0 Å². The SMILES string of the molecule is COc1cccc(Oc2c(-c3ccc(OCc4cccc(Cl)c4)cc3O)n[nH]c2C)c1. The Morgan fingerprint density at radius 3 is 2.55 bits per heavy atom. The number of aryl methyl sites for hydroxylation is 1. The van der Waals surface area contributed by atoms with Gasteiger partial charge < -0.3 is 19.3 Å². The molecule has 0 spiro atoms. The normalized spacial score (nSPS) is 10.7. The monoisotopic (exact) mass is 436 g/mol. The average Bonchev–Trinajstić information content (AvgIpc) is 3.12. The molecule has 1 heterocycles. The molecule has 0 bridgehead atoms. The van der Waals surface area contributed by atoms with Crippen molar-refractivity contribution in [2.24, 2.45) is 0 Å². The van der Waals surface area contributed by atoms with Gasteiger partial charge in [0.1, 0.15) is 35.3 Å². The van der Waals surface area contributed by atoms with Crippen LogP contribution < -0.4 is 14.2 Å². The number of halogens is 1. The van der Waals surface area contributed by atoms with Crippen LogP contribution in [0, 0.1) is 6.92 Å². The number of phenolic OH excluding ortho intramolecular Hbond substituents is 1. The molecule has 4 aromatic rings. The summed E-state index contributed by atoms with van der Waals surface area (Å²) in [4.78, 5) is 0. The minimum Gasteiger partial charge on any atom is -0.507 e. The number of nitrogens with zero attached hydrogens (tertiary/aromatic N) is 1. The number of ether oxygens (including phenoxy) is 3. The lowest BCUT2D eigenvalue weighted by Gasteiger charge is -2.11. The predicted molar refractivity (Wildman–Crippen MR) is 119 cm³/mol. The number of H-pyrrole nitrogens is 1. The van der Waals surface area contributed by atoms with Crippen molar-refractivity contribution >= 4 is 11.6 Å². The largest absolute Gasteiger partial charge is 0.507 e. The molecule has 0 fully saturated rings. The van der Waals surface area contributed by atoms with Gasteiger partial charge in [-0.05, 0) is 48.9 Å². The van der Waals surface area contributed by atoms with E-state index in [9.17, 15) is 5.11 Å². The number of hydrogen-bond acceptors (Lipinski definition) is 5. The van der Waals surface area contributed by atoms with E-state index >= 15 is 0 Å². The molecule has 4 rings (SSSR count). The zero-order valence-corrected chi connectivity index (χ0v) is 17.8. The van der Waals surface area contributed by atoms with Gasteiger partial charge >= 0.3 is 0 Å². The number of aromatic hydroxyl groups is 1. The van der Waals surface area contributed by atoms with Crippen molar-refractivity contribution in [3.05, 3.63) is 83.0 Å². The molecule has 0 saturated carbocycles. The smallest absolute Gasteiger partial charge is 0.176 e. The third kappa shape index (κ3) is 4.75. The van der Waals surface area contributed by atoms with Crippen LogP contribution in [0.3, 0.4) is 0 Å². The van der Waals surface area contributed by atoms with Gasteiger partial charge in [-0.15, -0.1) is 0 Å². The van der Waals surface area contributed by atoms with E-state index in [0.717, 1.165) is 11.3 Å². The molecule has 0 radical (unpaired) electrons. The topological polar surface area (TPSA) is 76.6 Å². The number of aromatic nitrogens is 2. The summed E-state index contributed by atoms with van der Waals surface area (Å²) >= 11 is 6.01. The highest BCUT2D eigenvalue weighted by atomic mass is 35.5. The van der Waals surface area contributed by atoms with Crippen LogP contribution in [0.2, 0.25) is 5.02 Å². The molecule has 6 nitrogen and oxygen atoms in total. The molecule has 1 aromatic heterocycles. The van der Waals surface area contributed by atoms with E-state index in [1.165, 1.54) is 0 Å². The first-order valence-corrected chi connectivity index (χ1v) is 9.99. The van der Waals surface area contributed by atoms with Crippen LogP contribution in [0.4, 0.5) is 0 Å². The molecule has 31 heavy (non-hydrogen) atoms. The first-order chi connectivity index (χ1) is 15.0. The summed E-state index contributed by atoms with van der Waals surface area (Å²) in [6.07, 6.45) is 0. The number of methoxy groups -OCH3 is 1. The van der Waals surface area contributed by atoms with Crippen molar-refractivity contribution in [1.82, 2.24) is 10.2 Å². The number of rotatable bonds is 7. The summed E-state index contributed by atoms with van der Waals surface area (Å²) in [5.41, 5.74) is 2.70. The molecule has 0 amide bonds. The minimum atomic E-state index is 0.0330. The van der Waals surface area contributed by atoms with E-state index in [-0.39, 0.29) is 5.75 Å². The number of nitrogens with one attached hydrogen (secondary N) is 1. The van der Waals surface area contributed by atoms with E-state index in [1.807, 2.05) is 49.4 Å². The molecule has 0 saturated heterocycles. The van der Waals surface area contributed by atoms with E-state index in [0.29, 0.717) is 45.9 Å². The van der Waals surface area contributed by atoms with E-state index in [2.05, 4.69) is 10.2 Å². The van der Waals surface area contributed by atoms with Crippen molar-refractivity contribution in [1.29, 1.82) is 0 Å². The highest BCUT2D eigenvalue weighted by molar-refractivity contribution is 6.30. The molecule has 7 heteroatoms. The number of hydrogen-bond donors (Lipinski definition) is 2. The third-order valence-corrected chi connectivity index (χ3v) is 4.91. The van der Waals surface area contributed by atoms with E-state index in [1.54, 1.807) is 31.4 Å². The van der Waals surface area contributed by atoms with Crippen molar-refractivity contribution in [3.63, 3.8) is 0 Å². The maximum atomic E-state index is 10.6. The number of benzene rings is 3. The number of phenols is 1. The highest BCUT2D eigenvalue weighted by Crippen LogP contribution is 2.40.